The smallest absolute Gasteiger partial charge is 0.128 e. The molecule has 0 bridgehead atoms. The number of pyridine rings is 1. The van der Waals surface area contributed by atoms with Crippen LogP contribution in [0.1, 0.15) is 36.9 Å². The van der Waals surface area contributed by atoms with E-state index in [4.69, 9.17) is 5.73 Å². The zero-order valence-corrected chi connectivity index (χ0v) is 12.0. The van der Waals surface area contributed by atoms with Crippen molar-refractivity contribution in [2.75, 3.05) is 32.9 Å². The van der Waals surface area contributed by atoms with Gasteiger partial charge in [0.1, 0.15) is 5.82 Å². The molecule has 102 valence electrons. The van der Waals surface area contributed by atoms with Crippen LogP contribution in [0.15, 0.2) is 12.3 Å². The summed E-state index contributed by atoms with van der Waals surface area (Å²) >= 11 is 0. The Balaban J connectivity index is 2.86. The van der Waals surface area contributed by atoms with E-state index in [1.807, 2.05) is 6.07 Å². The van der Waals surface area contributed by atoms with Crippen LogP contribution >= 0.6 is 0 Å². The van der Waals surface area contributed by atoms with Crippen molar-refractivity contribution in [2.24, 2.45) is 0 Å². The highest BCUT2D eigenvalue weighted by Crippen LogP contribution is 2.25. The molecule has 0 amide bonds. The normalized spacial score (nSPS) is 12.9. The van der Waals surface area contributed by atoms with Crippen LogP contribution in [0.5, 0.6) is 0 Å². The number of nitrogens with one attached hydrogen (secondary N) is 1. The van der Waals surface area contributed by atoms with E-state index in [9.17, 15) is 0 Å². The van der Waals surface area contributed by atoms with Crippen LogP contribution < -0.4 is 11.1 Å². The summed E-state index contributed by atoms with van der Waals surface area (Å²) in [5.74, 6) is 0.655. The Kier molecular flexibility index (Phi) is 6.09. The van der Waals surface area contributed by atoms with Crippen LogP contribution in [0.3, 0.4) is 0 Å². The van der Waals surface area contributed by atoms with Crippen LogP contribution in [0.25, 0.3) is 0 Å². The first-order chi connectivity index (χ1) is 8.56. The Labute approximate surface area is 111 Å². The Hall–Kier alpha value is -1.13. The number of rotatable bonds is 7. The van der Waals surface area contributed by atoms with Gasteiger partial charge in [-0.1, -0.05) is 6.92 Å². The quantitative estimate of drug-likeness (QED) is 0.777. The lowest BCUT2D eigenvalue weighted by molar-refractivity contribution is 0.360. The van der Waals surface area contributed by atoms with Gasteiger partial charge in [0.2, 0.25) is 0 Å². The van der Waals surface area contributed by atoms with Gasteiger partial charge in [0, 0.05) is 17.8 Å². The zero-order chi connectivity index (χ0) is 13.5. The molecule has 1 rings (SSSR count). The Bertz CT molecular complexity index is 343. The highest BCUT2D eigenvalue weighted by atomic mass is 15.1. The summed E-state index contributed by atoms with van der Waals surface area (Å²) < 4.78 is 0. The molecule has 0 aromatic carbocycles. The summed E-state index contributed by atoms with van der Waals surface area (Å²) in [5, 5.41) is 3.58. The third-order valence-corrected chi connectivity index (χ3v) is 3.09. The van der Waals surface area contributed by atoms with Gasteiger partial charge in [-0.25, -0.2) is 4.98 Å². The topological polar surface area (TPSA) is 54.2 Å². The van der Waals surface area contributed by atoms with E-state index in [0.717, 1.165) is 31.5 Å². The average Bonchev–Trinajstić information content (AvgIpc) is 2.31. The lowest BCUT2D eigenvalue weighted by Gasteiger charge is -2.23. The molecule has 4 heteroatoms. The molecule has 18 heavy (non-hydrogen) atoms. The minimum atomic E-state index is 0.293. The van der Waals surface area contributed by atoms with Gasteiger partial charge < -0.3 is 16.0 Å². The van der Waals surface area contributed by atoms with Crippen molar-refractivity contribution in [3.8, 4) is 0 Å². The molecule has 1 aromatic heterocycles. The second-order valence-electron chi connectivity index (χ2n) is 5.03. The van der Waals surface area contributed by atoms with Crippen molar-refractivity contribution >= 4 is 5.82 Å². The molecule has 3 N–H and O–H groups in total. The molecule has 0 saturated heterocycles. The number of nitrogens with zero attached hydrogens (tertiary/aromatic N) is 2. The fourth-order valence-corrected chi connectivity index (χ4v) is 2.10. The van der Waals surface area contributed by atoms with E-state index in [-0.39, 0.29) is 0 Å². The highest BCUT2D eigenvalue weighted by Gasteiger charge is 2.16. The summed E-state index contributed by atoms with van der Waals surface area (Å²) in [5.41, 5.74) is 8.41. The monoisotopic (exact) mass is 250 g/mol. The Morgan fingerprint density at radius 2 is 2.17 bits per heavy atom. The van der Waals surface area contributed by atoms with Crippen LogP contribution in [0.2, 0.25) is 0 Å². The molecule has 1 atom stereocenters. The molecule has 0 fully saturated rings. The van der Waals surface area contributed by atoms with E-state index in [0.29, 0.717) is 11.9 Å². The maximum Gasteiger partial charge on any atom is 0.128 e. The molecule has 4 nitrogen and oxygen atoms in total. The van der Waals surface area contributed by atoms with Crippen LogP contribution in [-0.2, 0) is 0 Å². The molecule has 0 saturated carbocycles. The van der Waals surface area contributed by atoms with Gasteiger partial charge in [-0.15, -0.1) is 0 Å². The number of hydrogen-bond donors (Lipinski definition) is 2. The van der Waals surface area contributed by atoms with E-state index >= 15 is 0 Å². The fourth-order valence-electron chi connectivity index (χ4n) is 2.10. The molecule has 0 aliphatic carbocycles. The third-order valence-electron chi connectivity index (χ3n) is 3.09. The first-order valence-corrected chi connectivity index (χ1v) is 6.65. The molecular weight excluding hydrogens is 224 g/mol. The first kappa shape index (κ1) is 14.9. The van der Waals surface area contributed by atoms with Crippen LogP contribution in [-0.4, -0.2) is 37.1 Å². The summed E-state index contributed by atoms with van der Waals surface area (Å²) in [4.78, 5) is 6.42. The average molecular weight is 250 g/mol. The van der Waals surface area contributed by atoms with E-state index < -0.39 is 0 Å². The maximum absolute atomic E-state index is 6.04. The van der Waals surface area contributed by atoms with Crippen molar-refractivity contribution in [3.63, 3.8) is 0 Å². The molecule has 1 heterocycles. The van der Waals surface area contributed by atoms with E-state index in [1.54, 1.807) is 6.20 Å². The first-order valence-electron chi connectivity index (χ1n) is 6.65. The molecule has 0 aliphatic heterocycles. The number of nitrogen functional groups attached to an aromatic ring is 1. The van der Waals surface area contributed by atoms with Crippen molar-refractivity contribution in [1.82, 2.24) is 15.2 Å². The molecule has 1 unspecified atom stereocenters. The largest absolute Gasteiger partial charge is 0.383 e. The molecular formula is C14H26N4. The Morgan fingerprint density at radius 3 is 2.72 bits per heavy atom. The fraction of sp³-hybridized carbons (Fsp3) is 0.643. The van der Waals surface area contributed by atoms with Crippen molar-refractivity contribution < 1.29 is 0 Å². The second kappa shape index (κ2) is 7.34. The molecule has 0 spiro atoms. The number of aryl methyl sites for hydroxylation is 1. The van der Waals surface area contributed by atoms with Gasteiger partial charge in [-0.3, -0.25) is 0 Å². The van der Waals surface area contributed by atoms with Crippen LogP contribution in [0.4, 0.5) is 5.82 Å². The van der Waals surface area contributed by atoms with Crippen LogP contribution in [0, 0.1) is 6.92 Å². The molecule has 0 radical (unpaired) electrons. The third kappa shape index (κ3) is 4.27. The SMILES string of the molecule is CCCNC(CCN(C)C)c1c(C)ccnc1N. The van der Waals surface area contributed by atoms with Gasteiger partial charge in [0.05, 0.1) is 0 Å². The van der Waals surface area contributed by atoms with Crippen molar-refractivity contribution in [1.29, 1.82) is 0 Å². The predicted molar refractivity (Wildman–Crippen MR) is 77.6 cm³/mol. The van der Waals surface area contributed by atoms with Crippen molar-refractivity contribution in [3.05, 3.63) is 23.4 Å². The van der Waals surface area contributed by atoms with Gasteiger partial charge in [-0.2, -0.15) is 0 Å². The van der Waals surface area contributed by atoms with E-state index in [2.05, 4.69) is 43.1 Å². The summed E-state index contributed by atoms with van der Waals surface area (Å²) in [6.45, 7) is 6.32. The highest BCUT2D eigenvalue weighted by molar-refractivity contribution is 5.46. The Morgan fingerprint density at radius 1 is 1.44 bits per heavy atom. The number of nitrogens with two attached hydrogens (primary N) is 1. The number of hydrogen-bond acceptors (Lipinski definition) is 4. The summed E-state index contributed by atoms with van der Waals surface area (Å²) in [7, 11) is 4.19. The van der Waals surface area contributed by atoms with E-state index in [1.165, 1.54) is 5.56 Å². The minimum absolute atomic E-state index is 0.293. The summed E-state index contributed by atoms with van der Waals surface area (Å²) in [6, 6.07) is 2.32. The lowest BCUT2D eigenvalue weighted by atomic mass is 9.99. The maximum atomic E-state index is 6.04. The predicted octanol–water partition coefficient (Wildman–Crippen LogP) is 1.96. The second-order valence-corrected chi connectivity index (χ2v) is 5.03. The zero-order valence-electron chi connectivity index (χ0n) is 12.0. The molecule has 0 aliphatic rings. The number of aromatic nitrogens is 1. The number of anilines is 1. The lowest BCUT2D eigenvalue weighted by Crippen LogP contribution is -2.27. The van der Waals surface area contributed by atoms with Gasteiger partial charge in [-0.05, 0) is 58.6 Å². The summed E-state index contributed by atoms with van der Waals surface area (Å²) in [6.07, 6.45) is 3.94. The van der Waals surface area contributed by atoms with Gasteiger partial charge in [0.15, 0.2) is 0 Å². The standard InChI is InChI=1S/C14H26N4/c1-5-8-16-12(7-10-18(3)4)13-11(2)6-9-17-14(13)15/h6,9,12,16H,5,7-8,10H2,1-4H3,(H2,15,17). The van der Waals surface area contributed by atoms with Gasteiger partial charge >= 0.3 is 0 Å². The van der Waals surface area contributed by atoms with Gasteiger partial charge in [0.25, 0.3) is 0 Å². The molecule has 1 aromatic rings. The minimum Gasteiger partial charge on any atom is -0.383 e. The van der Waals surface area contributed by atoms with Crippen molar-refractivity contribution in [2.45, 2.75) is 32.7 Å².